The molecule has 0 aliphatic carbocycles. The zero-order valence-electron chi connectivity index (χ0n) is 12.0. The standard InChI is InChI=1S/C14H29NO4/c1-2-12(5-6-16)8-15-9-13(17)10-18-11-14-4-3-7-19-14/h12-17H,2-11H2,1H3. The quantitative estimate of drug-likeness (QED) is 0.513. The molecule has 0 radical (unpaired) electrons. The van der Waals surface area contributed by atoms with Crippen molar-refractivity contribution in [2.24, 2.45) is 5.92 Å². The van der Waals surface area contributed by atoms with Gasteiger partial charge < -0.3 is 25.0 Å². The van der Waals surface area contributed by atoms with Crippen LogP contribution in [0.2, 0.25) is 0 Å². The molecule has 3 unspecified atom stereocenters. The van der Waals surface area contributed by atoms with Gasteiger partial charge in [0.2, 0.25) is 0 Å². The summed E-state index contributed by atoms with van der Waals surface area (Å²) in [5.74, 6) is 0.477. The van der Waals surface area contributed by atoms with E-state index in [2.05, 4.69) is 12.2 Å². The van der Waals surface area contributed by atoms with Crippen LogP contribution in [0, 0.1) is 5.92 Å². The first-order valence-corrected chi connectivity index (χ1v) is 7.45. The summed E-state index contributed by atoms with van der Waals surface area (Å²) in [6.07, 6.45) is 3.77. The highest BCUT2D eigenvalue weighted by Crippen LogP contribution is 2.11. The highest BCUT2D eigenvalue weighted by atomic mass is 16.5. The Balaban J connectivity index is 1.96. The number of nitrogens with one attached hydrogen (secondary N) is 1. The van der Waals surface area contributed by atoms with E-state index in [1.165, 1.54) is 0 Å². The Morgan fingerprint density at radius 3 is 2.89 bits per heavy atom. The highest BCUT2D eigenvalue weighted by Gasteiger charge is 2.16. The molecule has 5 heteroatoms. The van der Waals surface area contributed by atoms with E-state index >= 15 is 0 Å². The fraction of sp³-hybridized carbons (Fsp3) is 1.00. The van der Waals surface area contributed by atoms with Gasteiger partial charge in [0.1, 0.15) is 0 Å². The maximum Gasteiger partial charge on any atom is 0.0897 e. The summed E-state index contributed by atoms with van der Waals surface area (Å²) in [5.41, 5.74) is 0. The second-order valence-electron chi connectivity index (χ2n) is 5.27. The minimum absolute atomic E-state index is 0.217. The SMILES string of the molecule is CCC(CCO)CNCC(O)COCC1CCCO1. The van der Waals surface area contributed by atoms with Crippen molar-refractivity contribution in [2.45, 2.75) is 44.8 Å². The van der Waals surface area contributed by atoms with Gasteiger partial charge in [-0.05, 0) is 31.7 Å². The van der Waals surface area contributed by atoms with Crippen molar-refractivity contribution in [3.8, 4) is 0 Å². The molecule has 19 heavy (non-hydrogen) atoms. The average Bonchev–Trinajstić information content (AvgIpc) is 2.91. The van der Waals surface area contributed by atoms with Crippen molar-refractivity contribution in [3.05, 3.63) is 0 Å². The molecular weight excluding hydrogens is 246 g/mol. The van der Waals surface area contributed by atoms with Crippen molar-refractivity contribution in [1.82, 2.24) is 5.32 Å². The third-order valence-electron chi connectivity index (χ3n) is 3.57. The Morgan fingerprint density at radius 2 is 2.26 bits per heavy atom. The lowest BCUT2D eigenvalue weighted by atomic mass is 10.0. The van der Waals surface area contributed by atoms with E-state index in [0.29, 0.717) is 25.7 Å². The van der Waals surface area contributed by atoms with Crippen LogP contribution in [0.5, 0.6) is 0 Å². The number of aliphatic hydroxyl groups excluding tert-OH is 2. The Labute approximate surface area is 116 Å². The normalized spacial score (nSPS) is 22.6. The molecular formula is C14H29NO4. The smallest absolute Gasteiger partial charge is 0.0897 e. The van der Waals surface area contributed by atoms with E-state index in [9.17, 15) is 5.11 Å². The van der Waals surface area contributed by atoms with Crippen LogP contribution in [0.4, 0.5) is 0 Å². The molecule has 0 spiro atoms. The maximum atomic E-state index is 9.76. The predicted molar refractivity (Wildman–Crippen MR) is 74.2 cm³/mol. The maximum absolute atomic E-state index is 9.76. The van der Waals surface area contributed by atoms with E-state index in [1.54, 1.807) is 0 Å². The molecule has 1 fully saturated rings. The lowest BCUT2D eigenvalue weighted by Crippen LogP contribution is -2.34. The van der Waals surface area contributed by atoms with Gasteiger partial charge in [0.15, 0.2) is 0 Å². The van der Waals surface area contributed by atoms with Crippen LogP contribution < -0.4 is 5.32 Å². The molecule has 0 aromatic carbocycles. The molecule has 1 heterocycles. The second kappa shape index (κ2) is 10.6. The first-order chi connectivity index (χ1) is 9.26. The minimum atomic E-state index is -0.479. The molecule has 114 valence electrons. The van der Waals surface area contributed by atoms with Gasteiger partial charge in [-0.15, -0.1) is 0 Å². The summed E-state index contributed by atoms with van der Waals surface area (Å²) in [6.45, 7) is 5.48. The van der Waals surface area contributed by atoms with Gasteiger partial charge in [0, 0.05) is 19.8 Å². The minimum Gasteiger partial charge on any atom is -0.396 e. The number of ether oxygens (including phenoxy) is 2. The van der Waals surface area contributed by atoms with Gasteiger partial charge in [0.25, 0.3) is 0 Å². The largest absolute Gasteiger partial charge is 0.396 e. The predicted octanol–water partition coefficient (Wildman–Crippen LogP) is 0.541. The van der Waals surface area contributed by atoms with Crippen LogP contribution in [-0.4, -0.2) is 61.9 Å². The number of hydrogen-bond acceptors (Lipinski definition) is 5. The number of rotatable bonds is 11. The van der Waals surface area contributed by atoms with Crippen LogP contribution >= 0.6 is 0 Å². The molecule has 0 saturated carbocycles. The Bertz CT molecular complexity index is 210. The van der Waals surface area contributed by atoms with Crippen molar-refractivity contribution >= 4 is 0 Å². The van der Waals surface area contributed by atoms with E-state index in [1.807, 2.05) is 0 Å². The third kappa shape index (κ3) is 7.84. The van der Waals surface area contributed by atoms with Gasteiger partial charge in [0.05, 0.1) is 25.4 Å². The van der Waals surface area contributed by atoms with Crippen LogP contribution in [0.1, 0.15) is 32.6 Å². The monoisotopic (exact) mass is 275 g/mol. The van der Waals surface area contributed by atoms with Gasteiger partial charge >= 0.3 is 0 Å². The molecule has 1 aliphatic heterocycles. The van der Waals surface area contributed by atoms with Gasteiger partial charge in [-0.2, -0.15) is 0 Å². The van der Waals surface area contributed by atoms with Crippen LogP contribution in [0.3, 0.4) is 0 Å². The number of hydrogen-bond donors (Lipinski definition) is 3. The molecule has 3 atom stereocenters. The molecule has 0 aromatic rings. The zero-order chi connectivity index (χ0) is 13.9. The summed E-state index contributed by atoms with van der Waals surface area (Å²) in [5, 5.41) is 21.9. The van der Waals surface area contributed by atoms with Crippen molar-refractivity contribution in [2.75, 3.05) is 39.5 Å². The van der Waals surface area contributed by atoms with Crippen molar-refractivity contribution < 1.29 is 19.7 Å². The Kier molecular flexibility index (Phi) is 9.38. The lowest BCUT2D eigenvalue weighted by Gasteiger charge is -2.17. The Hall–Kier alpha value is -0.200. The second-order valence-corrected chi connectivity index (χ2v) is 5.27. The summed E-state index contributed by atoms with van der Waals surface area (Å²) in [7, 11) is 0. The molecule has 1 rings (SSSR count). The van der Waals surface area contributed by atoms with Crippen molar-refractivity contribution in [1.29, 1.82) is 0 Å². The van der Waals surface area contributed by atoms with E-state index in [-0.39, 0.29) is 12.7 Å². The molecule has 1 saturated heterocycles. The first kappa shape index (κ1) is 16.9. The van der Waals surface area contributed by atoms with E-state index in [0.717, 1.165) is 38.8 Å². The van der Waals surface area contributed by atoms with E-state index < -0.39 is 6.10 Å². The van der Waals surface area contributed by atoms with E-state index in [4.69, 9.17) is 14.6 Å². The fourth-order valence-corrected chi connectivity index (χ4v) is 2.26. The summed E-state index contributed by atoms with van der Waals surface area (Å²) in [6, 6.07) is 0. The lowest BCUT2D eigenvalue weighted by molar-refractivity contribution is -0.0165. The van der Waals surface area contributed by atoms with Gasteiger partial charge in [-0.3, -0.25) is 0 Å². The number of aliphatic hydroxyl groups is 2. The Morgan fingerprint density at radius 1 is 1.42 bits per heavy atom. The zero-order valence-corrected chi connectivity index (χ0v) is 12.0. The topological polar surface area (TPSA) is 71.0 Å². The average molecular weight is 275 g/mol. The van der Waals surface area contributed by atoms with Gasteiger partial charge in [-0.25, -0.2) is 0 Å². The third-order valence-corrected chi connectivity index (χ3v) is 3.57. The first-order valence-electron chi connectivity index (χ1n) is 7.45. The van der Waals surface area contributed by atoms with Crippen LogP contribution in [0.25, 0.3) is 0 Å². The highest BCUT2D eigenvalue weighted by molar-refractivity contribution is 4.66. The van der Waals surface area contributed by atoms with Crippen LogP contribution in [0.15, 0.2) is 0 Å². The molecule has 0 amide bonds. The molecule has 1 aliphatic rings. The summed E-state index contributed by atoms with van der Waals surface area (Å²) >= 11 is 0. The summed E-state index contributed by atoms with van der Waals surface area (Å²) in [4.78, 5) is 0. The molecule has 0 bridgehead atoms. The summed E-state index contributed by atoms with van der Waals surface area (Å²) < 4.78 is 10.9. The molecule has 5 nitrogen and oxygen atoms in total. The fourth-order valence-electron chi connectivity index (χ4n) is 2.26. The van der Waals surface area contributed by atoms with Crippen molar-refractivity contribution in [3.63, 3.8) is 0 Å². The van der Waals surface area contributed by atoms with Gasteiger partial charge in [-0.1, -0.05) is 13.3 Å². The molecule has 0 aromatic heterocycles. The molecule has 3 N–H and O–H groups in total. The van der Waals surface area contributed by atoms with Crippen LogP contribution in [-0.2, 0) is 9.47 Å².